The molecule has 1 aliphatic heterocycles. The fourth-order valence-electron chi connectivity index (χ4n) is 3.32. The van der Waals surface area contributed by atoms with E-state index in [1.54, 1.807) is 7.05 Å². The minimum atomic E-state index is -5.08. The monoisotopic (exact) mass is 584 g/mol. The molecule has 0 atom stereocenters. The van der Waals surface area contributed by atoms with Crippen molar-refractivity contribution >= 4 is 23.7 Å². The molecule has 0 radical (unpaired) electrons. The number of carbonyl (C=O) groups is 3. The first-order chi connectivity index (χ1) is 18.3. The van der Waals surface area contributed by atoms with Gasteiger partial charge in [-0.3, -0.25) is 9.69 Å². The quantitative estimate of drug-likeness (QED) is 0.383. The highest BCUT2D eigenvalue weighted by molar-refractivity contribution is 5.98. The van der Waals surface area contributed by atoms with Crippen LogP contribution in [0.2, 0.25) is 0 Å². The minimum absolute atomic E-state index is 0.101. The molecule has 40 heavy (non-hydrogen) atoms. The van der Waals surface area contributed by atoms with E-state index in [1.165, 1.54) is 0 Å². The second-order valence-electron chi connectivity index (χ2n) is 8.76. The van der Waals surface area contributed by atoms with Crippen LogP contribution in [0.4, 0.5) is 32.2 Å². The van der Waals surface area contributed by atoms with Crippen LogP contribution >= 0.6 is 0 Å². The molecule has 0 aromatic carbocycles. The molecular formula is C24H30F6N4O6. The summed E-state index contributed by atoms with van der Waals surface area (Å²) >= 11 is 0. The van der Waals surface area contributed by atoms with Crippen molar-refractivity contribution in [2.75, 3.05) is 25.5 Å². The van der Waals surface area contributed by atoms with E-state index in [1.807, 2.05) is 39.0 Å². The normalized spacial score (nSPS) is 13.6. The molecule has 3 rings (SSSR count). The molecule has 3 heterocycles. The number of carboxylic acid groups (broad SMARTS) is 2. The Hall–Kier alpha value is -3.82. The number of anilines is 1. The van der Waals surface area contributed by atoms with E-state index in [0.29, 0.717) is 11.4 Å². The molecule has 0 unspecified atom stereocenters. The van der Waals surface area contributed by atoms with Gasteiger partial charge in [-0.15, -0.1) is 0 Å². The number of aliphatic carboxylic acids is 2. The largest absolute Gasteiger partial charge is 0.490 e. The summed E-state index contributed by atoms with van der Waals surface area (Å²) in [6, 6.07) is 6.27. The first kappa shape index (κ1) is 34.2. The third-order valence-electron chi connectivity index (χ3n) is 5.11. The molecule has 0 bridgehead atoms. The first-order valence-electron chi connectivity index (χ1n) is 11.7. The zero-order valence-electron chi connectivity index (χ0n) is 22.0. The van der Waals surface area contributed by atoms with E-state index in [9.17, 15) is 31.1 Å². The Labute approximate surface area is 225 Å². The molecule has 2 aromatic rings. The van der Waals surface area contributed by atoms with E-state index in [2.05, 4.69) is 15.5 Å². The molecule has 4 N–H and O–H groups in total. The maximum absolute atomic E-state index is 12.3. The number of hydrogen-bond acceptors (Lipinski definition) is 7. The lowest BCUT2D eigenvalue weighted by atomic mass is 10.0. The molecule has 0 saturated carbocycles. The molecule has 0 fully saturated rings. The number of nitrogens with one attached hydrogen (secondary N) is 2. The summed E-state index contributed by atoms with van der Waals surface area (Å²) < 4.78 is 69.2. The van der Waals surface area contributed by atoms with Crippen molar-refractivity contribution in [3.63, 3.8) is 0 Å². The lowest BCUT2D eigenvalue weighted by Crippen LogP contribution is -2.25. The lowest BCUT2D eigenvalue weighted by Gasteiger charge is -2.17. The average molecular weight is 585 g/mol. The standard InChI is InChI=1S/C20H28N4O2.2C2HF3O2/c1-13(2)22-19-17(20(25)21-4)11-15-7-9-24(10-8-18(15)23-19)12-16-6-5-14(3)26-16;2*3-2(4,5)1(6)7/h5-6,11,13H,7-10,12H2,1-4H3,(H,21,25)(H,22,23);2*(H,6,7). The summed E-state index contributed by atoms with van der Waals surface area (Å²) in [5.41, 5.74) is 2.87. The van der Waals surface area contributed by atoms with Gasteiger partial charge in [0.05, 0.1) is 12.1 Å². The second kappa shape index (κ2) is 14.5. The molecule has 0 aliphatic carbocycles. The average Bonchev–Trinajstić information content (AvgIpc) is 3.13. The number of fused-ring (bicyclic) bond motifs is 1. The number of rotatable bonds is 5. The molecule has 1 amide bonds. The Morgan fingerprint density at radius 1 is 1.02 bits per heavy atom. The number of halogens is 6. The summed E-state index contributed by atoms with van der Waals surface area (Å²) in [6.07, 6.45) is -8.41. The number of amides is 1. The third kappa shape index (κ3) is 11.5. The van der Waals surface area contributed by atoms with Crippen LogP contribution in [0.1, 0.15) is 47.0 Å². The van der Waals surface area contributed by atoms with E-state index < -0.39 is 24.3 Å². The maximum atomic E-state index is 12.3. The van der Waals surface area contributed by atoms with E-state index in [-0.39, 0.29) is 11.9 Å². The summed E-state index contributed by atoms with van der Waals surface area (Å²) in [4.78, 5) is 37.3. The Kier molecular flexibility index (Phi) is 12.4. The highest BCUT2D eigenvalue weighted by Gasteiger charge is 2.38. The predicted molar refractivity (Wildman–Crippen MR) is 130 cm³/mol. The number of aromatic nitrogens is 1. The fourth-order valence-corrected chi connectivity index (χ4v) is 3.32. The van der Waals surface area contributed by atoms with E-state index >= 15 is 0 Å². The van der Waals surface area contributed by atoms with Gasteiger partial charge in [-0.05, 0) is 51.0 Å². The number of nitrogens with zero attached hydrogens (tertiary/aromatic N) is 2. The van der Waals surface area contributed by atoms with Gasteiger partial charge in [0.2, 0.25) is 0 Å². The van der Waals surface area contributed by atoms with Crippen molar-refractivity contribution in [2.24, 2.45) is 0 Å². The van der Waals surface area contributed by atoms with Gasteiger partial charge < -0.3 is 25.3 Å². The van der Waals surface area contributed by atoms with E-state index in [0.717, 1.165) is 55.3 Å². The first-order valence-corrected chi connectivity index (χ1v) is 11.7. The van der Waals surface area contributed by atoms with Crippen LogP contribution in [0.25, 0.3) is 0 Å². The van der Waals surface area contributed by atoms with Crippen molar-refractivity contribution in [1.82, 2.24) is 15.2 Å². The van der Waals surface area contributed by atoms with Crippen LogP contribution in [-0.2, 0) is 29.0 Å². The van der Waals surface area contributed by atoms with Gasteiger partial charge >= 0.3 is 24.3 Å². The molecule has 1 aliphatic rings. The van der Waals surface area contributed by atoms with Gasteiger partial charge in [0.25, 0.3) is 5.91 Å². The zero-order chi connectivity index (χ0) is 30.8. The Morgan fingerprint density at radius 2 is 1.55 bits per heavy atom. The molecule has 2 aromatic heterocycles. The number of carboxylic acids is 2. The molecule has 10 nitrogen and oxygen atoms in total. The van der Waals surface area contributed by atoms with Gasteiger partial charge in [0, 0.05) is 38.3 Å². The maximum Gasteiger partial charge on any atom is 0.490 e. The highest BCUT2D eigenvalue weighted by atomic mass is 19.4. The highest BCUT2D eigenvalue weighted by Crippen LogP contribution is 2.23. The number of aryl methyl sites for hydroxylation is 1. The minimum Gasteiger partial charge on any atom is -0.475 e. The van der Waals surface area contributed by atoms with Crippen LogP contribution in [0.3, 0.4) is 0 Å². The van der Waals surface area contributed by atoms with Crippen molar-refractivity contribution in [3.05, 3.63) is 46.5 Å². The summed E-state index contributed by atoms with van der Waals surface area (Å²) in [5.74, 6) is -3.00. The summed E-state index contributed by atoms with van der Waals surface area (Å²) in [7, 11) is 1.65. The molecular weight excluding hydrogens is 554 g/mol. The fraction of sp³-hybridized carbons (Fsp3) is 0.500. The van der Waals surface area contributed by atoms with Gasteiger partial charge in [-0.1, -0.05) is 0 Å². The number of carbonyl (C=O) groups excluding carboxylic acids is 1. The number of alkyl halides is 6. The summed E-state index contributed by atoms with van der Waals surface area (Å²) in [6.45, 7) is 8.73. The van der Waals surface area contributed by atoms with Crippen LogP contribution in [0.15, 0.2) is 22.6 Å². The van der Waals surface area contributed by atoms with Gasteiger partial charge in [-0.2, -0.15) is 26.3 Å². The topological polar surface area (TPSA) is 145 Å². The van der Waals surface area contributed by atoms with Crippen LogP contribution in [0.5, 0.6) is 0 Å². The van der Waals surface area contributed by atoms with E-state index in [4.69, 9.17) is 29.2 Å². The SMILES string of the molecule is CNC(=O)c1cc2c(nc1NC(C)C)CCN(Cc1ccc(C)o1)CC2.O=C(O)C(F)(F)F.O=C(O)C(F)(F)F. The zero-order valence-corrected chi connectivity index (χ0v) is 22.0. The van der Waals surface area contributed by atoms with Crippen LogP contribution in [0, 0.1) is 6.92 Å². The molecule has 0 spiro atoms. The molecule has 0 saturated heterocycles. The third-order valence-corrected chi connectivity index (χ3v) is 5.11. The van der Waals surface area contributed by atoms with Gasteiger partial charge in [-0.25, -0.2) is 14.6 Å². The van der Waals surface area contributed by atoms with Gasteiger partial charge in [0.15, 0.2) is 0 Å². The molecule has 16 heteroatoms. The second-order valence-corrected chi connectivity index (χ2v) is 8.76. The number of hydrogen-bond donors (Lipinski definition) is 4. The van der Waals surface area contributed by atoms with Crippen molar-refractivity contribution in [2.45, 2.75) is 58.6 Å². The Bertz CT molecular complexity index is 1140. The van der Waals surface area contributed by atoms with Crippen molar-refractivity contribution in [1.29, 1.82) is 0 Å². The number of pyridine rings is 1. The van der Waals surface area contributed by atoms with Crippen molar-refractivity contribution < 1.29 is 55.4 Å². The Balaban J connectivity index is 0.000000473. The van der Waals surface area contributed by atoms with Crippen LogP contribution < -0.4 is 10.6 Å². The van der Waals surface area contributed by atoms with Crippen molar-refractivity contribution in [3.8, 4) is 0 Å². The summed E-state index contributed by atoms with van der Waals surface area (Å²) in [5, 5.41) is 20.3. The molecule has 224 valence electrons. The number of furan rings is 1. The smallest absolute Gasteiger partial charge is 0.475 e. The van der Waals surface area contributed by atoms with Gasteiger partial charge in [0.1, 0.15) is 17.3 Å². The lowest BCUT2D eigenvalue weighted by molar-refractivity contribution is -0.193. The predicted octanol–water partition coefficient (Wildman–Crippen LogP) is 4.03. The Morgan fingerprint density at radius 3 is 1.98 bits per heavy atom. The van der Waals surface area contributed by atoms with Crippen LogP contribution in [-0.4, -0.2) is 76.5 Å².